The Morgan fingerprint density at radius 1 is 1.21 bits per heavy atom. The van der Waals surface area contributed by atoms with Crippen LogP contribution in [-0.2, 0) is 9.59 Å². The Morgan fingerprint density at radius 3 is 2.50 bits per heavy atom. The van der Waals surface area contributed by atoms with E-state index in [0.717, 1.165) is 30.8 Å². The number of piperidine rings is 1. The lowest BCUT2D eigenvalue weighted by atomic mass is 9.78. The first-order chi connectivity index (χ1) is 11.6. The fraction of sp³-hybridized carbons (Fsp3) is 0.471. The highest BCUT2D eigenvalue weighted by Crippen LogP contribution is 2.35. The second-order valence-electron chi connectivity index (χ2n) is 6.32. The molecule has 3 rings (SSSR count). The van der Waals surface area contributed by atoms with Crippen molar-refractivity contribution in [2.24, 2.45) is 11.8 Å². The molecule has 3 amide bonds. The Morgan fingerprint density at radius 2 is 1.88 bits per heavy atom. The minimum atomic E-state index is -1.13. The number of nitrogens with zero attached hydrogens (tertiary/aromatic N) is 1. The van der Waals surface area contributed by atoms with Crippen LogP contribution >= 0.6 is 0 Å². The van der Waals surface area contributed by atoms with Gasteiger partial charge in [-0.1, -0.05) is 18.2 Å². The van der Waals surface area contributed by atoms with Crippen molar-refractivity contribution < 1.29 is 19.5 Å². The van der Waals surface area contributed by atoms with Crippen LogP contribution in [0.3, 0.4) is 0 Å². The number of likely N-dealkylation sites (tertiary alicyclic amines) is 1. The van der Waals surface area contributed by atoms with Gasteiger partial charge in [-0.2, -0.15) is 0 Å². The van der Waals surface area contributed by atoms with Gasteiger partial charge in [0.05, 0.1) is 5.92 Å². The van der Waals surface area contributed by atoms with Gasteiger partial charge in [0.2, 0.25) is 5.91 Å². The number of rotatable bonds is 4. The number of urea groups is 1. The summed E-state index contributed by atoms with van der Waals surface area (Å²) >= 11 is 0. The zero-order valence-electron chi connectivity index (χ0n) is 13.3. The van der Waals surface area contributed by atoms with Gasteiger partial charge in [-0.05, 0) is 50.4 Å². The molecular weight excluding hydrogens is 310 g/mol. The third-order valence-corrected chi connectivity index (χ3v) is 4.76. The standard InChI is InChI=1S/C17H21N3O4/c21-15-13(10-11-6-8-18-9-7-11)14(16(22)23)20(15)17(24)19-12-4-2-1-3-5-12/h1-5,11,13-14,18H,6-10H2,(H,19,24)(H,22,23)/t13-,14?/m1/s1. The van der Waals surface area contributed by atoms with E-state index < -0.39 is 29.9 Å². The maximum Gasteiger partial charge on any atom is 0.329 e. The number of nitrogens with one attached hydrogen (secondary N) is 2. The second kappa shape index (κ2) is 7.00. The molecule has 2 atom stereocenters. The third-order valence-electron chi connectivity index (χ3n) is 4.76. The van der Waals surface area contributed by atoms with E-state index in [2.05, 4.69) is 10.6 Å². The first-order valence-corrected chi connectivity index (χ1v) is 8.20. The summed E-state index contributed by atoms with van der Waals surface area (Å²) in [5, 5.41) is 15.3. The van der Waals surface area contributed by atoms with Crippen molar-refractivity contribution >= 4 is 23.6 Å². The number of carbonyl (C=O) groups is 3. The number of carbonyl (C=O) groups excluding carboxylic acids is 2. The van der Waals surface area contributed by atoms with E-state index in [0.29, 0.717) is 18.0 Å². The molecular formula is C17H21N3O4. The fourth-order valence-corrected chi connectivity index (χ4v) is 3.47. The van der Waals surface area contributed by atoms with Gasteiger partial charge in [0.1, 0.15) is 0 Å². The van der Waals surface area contributed by atoms with Gasteiger partial charge in [-0.25, -0.2) is 14.5 Å². The van der Waals surface area contributed by atoms with Gasteiger partial charge < -0.3 is 15.7 Å². The molecule has 2 aliphatic rings. The van der Waals surface area contributed by atoms with Gasteiger partial charge >= 0.3 is 12.0 Å². The number of benzene rings is 1. The number of β-lactam (4-membered cyclic amide) rings is 1. The number of amides is 3. The monoisotopic (exact) mass is 331 g/mol. The van der Waals surface area contributed by atoms with Crippen LogP contribution in [0.4, 0.5) is 10.5 Å². The average molecular weight is 331 g/mol. The predicted octanol–water partition coefficient (Wildman–Crippen LogP) is 1.52. The molecule has 2 aliphatic heterocycles. The lowest BCUT2D eigenvalue weighted by Gasteiger charge is -2.44. The number of hydrogen-bond donors (Lipinski definition) is 3. The number of carboxylic acids is 1. The number of aliphatic carboxylic acids is 1. The molecule has 2 saturated heterocycles. The van der Waals surface area contributed by atoms with Crippen LogP contribution in [0, 0.1) is 11.8 Å². The highest BCUT2D eigenvalue weighted by atomic mass is 16.4. The fourth-order valence-electron chi connectivity index (χ4n) is 3.47. The van der Waals surface area contributed by atoms with Crippen molar-refractivity contribution in [3.8, 4) is 0 Å². The molecule has 24 heavy (non-hydrogen) atoms. The summed E-state index contributed by atoms with van der Waals surface area (Å²) in [5.41, 5.74) is 0.529. The van der Waals surface area contributed by atoms with Gasteiger partial charge in [0, 0.05) is 5.69 Å². The molecule has 0 aliphatic carbocycles. The van der Waals surface area contributed by atoms with Crippen LogP contribution in [0.5, 0.6) is 0 Å². The largest absolute Gasteiger partial charge is 0.480 e. The Labute approximate surface area is 140 Å². The van der Waals surface area contributed by atoms with E-state index in [9.17, 15) is 19.5 Å². The highest BCUT2D eigenvalue weighted by molar-refractivity contribution is 6.11. The lowest BCUT2D eigenvalue weighted by molar-refractivity contribution is -0.166. The number of anilines is 1. The van der Waals surface area contributed by atoms with E-state index in [1.54, 1.807) is 30.3 Å². The molecule has 1 aromatic rings. The first kappa shape index (κ1) is 16.4. The molecule has 7 heteroatoms. The molecule has 0 spiro atoms. The van der Waals surface area contributed by atoms with Crippen molar-refractivity contribution in [2.75, 3.05) is 18.4 Å². The summed E-state index contributed by atoms with van der Waals surface area (Å²) in [6.45, 7) is 1.78. The SMILES string of the molecule is O=C(O)C1[C@@H](CC2CCNCC2)C(=O)N1C(=O)Nc1ccccc1. The molecule has 2 heterocycles. The minimum Gasteiger partial charge on any atom is -0.480 e. The van der Waals surface area contributed by atoms with Crippen LogP contribution in [0.15, 0.2) is 30.3 Å². The van der Waals surface area contributed by atoms with Crippen LogP contribution < -0.4 is 10.6 Å². The molecule has 7 nitrogen and oxygen atoms in total. The Hall–Kier alpha value is -2.41. The topological polar surface area (TPSA) is 98.7 Å². The Kier molecular flexibility index (Phi) is 4.80. The summed E-state index contributed by atoms with van der Waals surface area (Å²) in [4.78, 5) is 37.0. The maximum absolute atomic E-state index is 12.4. The predicted molar refractivity (Wildman–Crippen MR) is 87.4 cm³/mol. The molecule has 0 radical (unpaired) electrons. The van der Waals surface area contributed by atoms with Gasteiger partial charge in [0.25, 0.3) is 0 Å². The minimum absolute atomic E-state index is 0.335. The molecule has 1 unspecified atom stereocenters. The zero-order valence-corrected chi connectivity index (χ0v) is 13.3. The molecule has 1 aromatic carbocycles. The summed E-state index contributed by atoms with van der Waals surface area (Å²) in [7, 11) is 0. The van der Waals surface area contributed by atoms with Crippen molar-refractivity contribution in [3.63, 3.8) is 0 Å². The van der Waals surface area contributed by atoms with Crippen molar-refractivity contribution in [3.05, 3.63) is 30.3 Å². The average Bonchev–Trinajstić information content (AvgIpc) is 2.58. The smallest absolute Gasteiger partial charge is 0.329 e. The zero-order chi connectivity index (χ0) is 17.1. The Bertz CT molecular complexity index is 628. The maximum atomic E-state index is 12.4. The van der Waals surface area contributed by atoms with E-state index in [4.69, 9.17) is 0 Å². The molecule has 0 saturated carbocycles. The second-order valence-corrected chi connectivity index (χ2v) is 6.32. The quantitative estimate of drug-likeness (QED) is 0.727. The molecule has 3 N–H and O–H groups in total. The molecule has 0 aromatic heterocycles. The van der Waals surface area contributed by atoms with Crippen LogP contribution in [0.1, 0.15) is 19.3 Å². The van der Waals surface area contributed by atoms with E-state index in [1.165, 1.54) is 0 Å². The van der Waals surface area contributed by atoms with Crippen molar-refractivity contribution in [2.45, 2.75) is 25.3 Å². The summed E-state index contributed by atoms with van der Waals surface area (Å²) in [6, 6.07) is 6.93. The molecule has 0 bridgehead atoms. The number of carboxylic acid groups (broad SMARTS) is 1. The first-order valence-electron chi connectivity index (χ1n) is 8.20. The number of imide groups is 1. The van der Waals surface area contributed by atoms with Crippen molar-refractivity contribution in [1.29, 1.82) is 0 Å². The van der Waals surface area contributed by atoms with E-state index in [1.807, 2.05) is 0 Å². The Balaban J connectivity index is 1.66. The highest BCUT2D eigenvalue weighted by Gasteiger charge is 2.55. The van der Waals surface area contributed by atoms with Gasteiger partial charge in [0.15, 0.2) is 6.04 Å². The third kappa shape index (κ3) is 3.26. The van der Waals surface area contributed by atoms with Gasteiger partial charge in [-0.15, -0.1) is 0 Å². The molecule has 2 fully saturated rings. The summed E-state index contributed by atoms with van der Waals surface area (Å²) in [5.74, 6) is -1.79. The number of hydrogen-bond acceptors (Lipinski definition) is 4. The van der Waals surface area contributed by atoms with Crippen molar-refractivity contribution in [1.82, 2.24) is 10.2 Å². The summed E-state index contributed by atoms with van der Waals surface area (Å²) in [6.07, 6.45) is 2.41. The van der Waals surface area contributed by atoms with Crippen LogP contribution in [0.25, 0.3) is 0 Å². The molecule has 128 valence electrons. The van der Waals surface area contributed by atoms with E-state index in [-0.39, 0.29) is 0 Å². The lowest BCUT2D eigenvalue weighted by Crippen LogP contribution is -2.67. The van der Waals surface area contributed by atoms with Gasteiger partial charge in [-0.3, -0.25) is 4.79 Å². The summed E-state index contributed by atoms with van der Waals surface area (Å²) < 4.78 is 0. The van der Waals surface area contributed by atoms with Crippen LogP contribution in [0.2, 0.25) is 0 Å². The van der Waals surface area contributed by atoms with Crippen LogP contribution in [-0.4, -0.2) is 47.0 Å². The number of para-hydroxylation sites is 1. The normalized spacial score (nSPS) is 24.3. The van der Waals surface area contributed by atoms with E-state index >= 15 is 0 Å².